The standard InChI is InChI=1S/C14H20O7/c1-19-13-11(17)10(16)12(18)14(8-15,21-13)20-7-9-5-3-2-4-6-9/h2-6,10-13,15-18H,7-8H2,1H3/t10-,11-,12+,13+,14-/m1/s1. The monoisotopic (exact) mass is 300 g/mol. The molecule has 7 nitrogen and oxygen atoms in total. The van der Waals surface area contributed by atoms with Crippen molar-refractivity contribution in [2.75, 3.05) is 13.7 Å². The molecule has 1 fully saturated rings. The van der Waals surface area contributed by atoms with E-state index in [4.69, 9.17) is 14.2 Å². The molecule has 0 radical (unpaired) electrons. The van der Waals surface area contributed by atoms with E-state index >= 15 is 0 Å². The Hall–Kier alpha value is -1.06. The van der Waals surface area contributed by atoms with Gasteiger partial charge in [0.1, 0.15) is 24.9 Å². The summed E-state index contributed by atoms with van der Waals surface area (Å²) >= 11 is 0. The number of hydrogen-bond donors (Lipinski definition) is 4. The zero-order valence-electron chi connectivity index (χ0n) is 11.6. The fourth-order valence-electron chi connectivity index (χ4n) is 2.21. The second kappa shape index (κ2) is 6.80. The average molecular weight is 300 g/mol. The Balaban J connectivity index is 2.14. The third-order valence-electron chi connectivity index (χ3n) is 3.50. The van der Waals surface area contributed by atoms with Gasteiger partial charge in [0.15, 0.2) is 6.29 Å². The number of aliphatic hydroxyl groups excluding tert-OH is 4. The molecule has 1 aromatic rings. The van der Waals surface area contributed by atoms with Crippen LogP contribution in [0.4, 0.5) is 0 Å². The maximum absolute atomic E-state index is 10.1. The summed E-state index contributed by atoms with van der Waals surface area (Å²) in [6.07, 6.45) is -5.84. The maximum atomic E-state index is 10.1. The number of hydrogen-bond acceptors (Lipinski definition) is 7. The lowest BCUT2D eigenvalue weighted by atomic mass is 9.96. The van der Waals surface area contributed by atoms with Crippen molar-refractivity contribution in [1.82, 2.24) is 0 Å². The van der Waals surface area contributed by atoms with E-state index in [-0.39, 0.29) is 6.61 Å². The first kappa shape index (κ1) is 16.3. The first-order chi connectivity index (χ1) is 10.0. The summed E-state index contributed by atoms with van der Waals surface area (Å²) in [7, 11) is 1.28. The van der Waals surface area contributed by atoms with Crippen LogP contribution in [0.3, 0.4) is 0 Å². The van der Waals surface area contributed by atoms with E-state index in [9.17, 15) is 20.4 Å². The molecule has 0 amide bonds. The Morgan fingerprint density at radius 3 is 2.38 bits per heavy atom. The minimum Gasteiger partial charge on any atom is -0.391 e. The summed E-state index contributed by atoms with van der Waals surface area (Å²) in [6.45, 7) is -0.650. The molecule has 0 bridgehead atoms. The molecule has 1 heterocycles. The van der Waals surface area contributed by atoms with E-state index in [0.29, 0.717) is 0 Å². The number of methoxy groups -OCH3 is 1. The van der Waals surface area contributed by atoms with Crippen molar-refractivity contribution in [2.45, 2.75) is 37.0 Å². The van der Waals surface area contributed by atoms with Crippen molar-refractivity contribution in [1.29, 1.82) is 0 Å². The Labute approximate surface area is 122 Å². The molecular formula is C14H20O7. The SMILES string of the molecule is CO[C@H]1O[C@@](CO)(OCc2ccccc2)[C@@H](O)[C@H](O)[C@H]1O. The fraction of sp³-hybridized carbons (Fsp3) is 0.571. The number of ether oxygens (including phenoxy) is 3. The van der Waals surface area contributed by atoms with Crippen molar-refractivity contribution >= 4 is 0 Å². The Morgan fingerprint density at radius 2 is 1.81 bits per heavy atom. The van der Waals surface area contributed by atoms with Crippen LogP contribution in [0.1, 0.15) is 5.56 Å². The van der Waals surface area contributed by atoms with E-state index in [2.05, 4.69) is 0 Å². The largest absolute Gasteiger partial charge is 0.391 e. The summed E-state index contributed by atoms with van der Waals surface area (Å²) in [5, 5.41) is 39.2. The quantitative estimate of drug-likeness (QED) is 0.551. The highest BCUT2D eigenvalue weighted by Crippen LogP contribution is 2.32. The summed E-state index contributed by atoms with van der Waals surface area (Å²) in [5.74, 6) is -1.87. The molecule has 4 N–H and O–H groups in total. The van der Waals surface area contributed by atoms with Crippen molar-refractivity contribution < 1.29 is 34.6 Å². The second-order valence-corrected chi connectivity index (χ2v) is 4.89. The minimum absolute atomic E-state index is 0.0533. The summed E-state index contributed by atoms with van der Waals surface area (Å²) in [4.78, 5) is 0. The molecular weight excluding hydrogens is 280 g/mol. The van der Waals surface area contributed by atoms with Crippen molar-refractivity contribution in [3.8, 4) is 0 Å². The molecule has 0 saturated carbocycles. The maximum Gasteiger partial charge on any atom is 0.223 e. The van der Waals surface area contributed by atoms with Gasteiger partial charge in [-0.1, -0.05) is 30.3 Å². The molecule has 21 heavy (non-hydrogen) atoms. The number of aliphatic hydroxyl groups is 4. The van der Waals surface area contributed by atoms with E-state index in [1.807, 2.05) is 18.2 Å². The van der Waals surface area contributed by atoms with Crippen LogP contribution in [0.5, 0.6) is 0 Å². The highest BCUT2D eigenvalue weighted by atomic mass is 16.8. The van der Waals surface area contributed by atoms with E-state index in [1.54, 1.807) is 12.1 Å². The third-order valence-corrected chi connectivity index (χ3v) is 3.50. The first-order valence-corrected chi connectivity index (χ1v) is 6.57. The normalized spacial score (nSPS) is 36.6. The van der Waals surface area contributed by atoms with Gasteiger partial charge in [-0.15, -0.1) is 0 Å². The Bertz CT molecular complexity index is 438. The van der Waals surface area contributed by atoms with Gasteiger partial charge >= 0.3 is 0 Å². The highest BCUT2D eigenvalue weighted by molar-refractivity contribution is 5.13. The van der Waals surface area contributed by atoms with Crippen molar-refractivity contribution in [3.05, 3.63) is 35.9 Å². The van der Waals surface area contributed by atoms with E-state index < -0.39 is 37.0 Å². The molecule has 0 aromatic heterocycles. The topological polar surface area (TPSA) is 109 Å². The third kappa shape index (κ3) is 3.24. The zero-order chi connectivity index (χ0) is 15.5. The molecule has 0 aliphatic carbocycles. The lowest BCUT2D eigenvalue weighted by Gasteiger charge is -2.46. The molecule has 0 spiro atoms. The Kier molecular flexibility index (Phi) is 5.28. The van der Waals surface area contributed by atoms with E-state index in [0.717, 1.165) is 5.56 Å². The Morgan fingerprint density at radius 1 is 1.14 bits per heavy atom. The van der Waals surface area contributed by atoms with Crippen molar-refractivity contribution in [2.24, 2.45) is 0 Å². The van der Waals surface area contributed by atoms with Crippen LogP contribution < -0.4 is 0 Å². The molecule has 7 heteroatoms. The van der Waals surface area contributed by atoms with Crippen LogP contribution in [-0.4, -0.2) is 64.5 Å². The van der Waals surface area contributed by atoms with Gasteiger partial charge in [0, 0.05) is 7.11 Å². The zero-order valence-corrected chi connectivity index (χ0v) is 11.6. The molecule has 1 aromatic carbocycles. The van der Waals surface area contributed by atoms with Crippen LogP contribution in [-0.2, 0) is 20.8 Å². The predicted octanol–water partition coefficient (Wildman–Crippen LogP) is -1.02. The van der Waals surface area contributed by atoms with E-state index in [1.165, 1.54) is 7.11 Å². The summed E-state index contributed by atoms with van der Waals surface area (Å²) in [6, 6.07) is 9.09. The summed E-state index contributed by atoms with van der Waals surface area (Å²) < 4.78 is 15.7. The van der Waals surface area contributed by atoms with Crippen LogP contribution in [0.15, 0.2) is 30.3 Å². The molecule has 1 aliphatic rings. The lowest BCUT2D eigenvalue weighted by molar-refractivity contribution is -0.408. The first-order valence-electron chi connectivity index (χ1n) is 6.57. The number of rotatable bonds is 5. The molecule has 1 aliphatic heterocycles. The highest BCUT2D eigenvalue weighted by Gasteiger charge is 2.54. The van der Waals surface area contributed by atoms with Crippen LogP contribution in [0, 0.1) is 0 Å². The summed E-state index contributed by atoms with van der Waals surface area (Å²) in [5.41, 5.74) is 0.802. The van der Waals surface area contributed by atoms with Crippen LogP contribution in [0.25, 0.3) is 0 Å². The molecule has 1 saturated heterocycles. The molecule has 5 atom stereocenters. The molecule has 2 rings (SSSR count). The smallest absolute Gasteiger partial charge is 0.223 e. The van der Waals surface area contributed by atoms with Crippen LogP contribution in [0.2, 0.25) is 0 Å². The molecule has 118 valence electrons. The van der Waals surface area contributed by atoms with Gasteiger partial charge in [-0.05, 0) is 5.56 Å². The minimum atomic E-state index is -1.87. The number of benzene rings is 1. The fourth-order valence-corrected chi connectivity index (χ4v) is 2.21. The average Bonchev–Trinajstić information content (AvgIpc) is 2.53. The second-order valence-electron chi connectivity index (χ2n) is 4.89. The molecule has 0 unspecified atom stereocenters. The van der Waals surface area contributed by atoms with Gasteiger partial charge in [0.2, 0.25) is 5.79 Å². The predicted molar refractivity (Wildman–Crippen MR) is 71.0 cm³/mol. The van der Waals surface area contributed by atoms with Gasteiger partial charge in [-0.25, -0.2) is 0 Å². The van der Waals surface area contributed by atoms with Gasteiger partial charge < -0.3 is 34.6 Å². The van der Waals surface area contributed by atoms with Crippen molar-refractivity contribution in [3.63, 3.8) is 0 Å². The van der Waals surface area contributed by atoms with Gasteiger partial charge in [-0.3, -0.25) is 0 Å². The van der Waals surface area contributed by atoms with Gasteiger partial charge in [-0.2, -0.15) is 0 Å². The van der Waals surface area contributed by atoms with Gasteiger partial charge in [0.05, 0.1) is 6.61 Å². The van der Waals surface area contributed by atoms with Crippen LogP contribution >= 0.6 is 0 Å². The lowest BCUT2D eigenvalue weighted by Crippen LogP contribution is -2.67. The van der Waals surface area contributed by atoms with Gasteiger partial charge in [0.25, 0.3) is 0 Å².